The number of rotatable bonds is 5. The summed E-state index contributed by atoms with van der Waals surface area (Å²) in [6.45, 7) is 10.9. The summed E-state index contributed by atoms with van der Waals surface area (Å²) in [5.74, 6) is 2.77. The van der Waals surface area contributed by atoms with E-state index in [-0.39, 0.29) is 0 Å². The highest BCUT2D eigenvalue weighted by Gasteiger charge is 2.20. The molecule has 18 heavy (non-hydrogen) atoms. The second kappa shape index (κ2) is 8.17. The van der Waals surface area contributed by atoms with Crippen LogP contribution in [0.3, 0.4) is 0 Å². The molecule has 1 rings (SSSR count). The number of guanidine groups is 1. The molecule has 0 aromatic heterocycles. The van der Waals surface area contributed by atoms with Crippen LogP contribution in [0.2, 0.25) is 0 Å². The van der Waals surface area contributed by atoms with Crippen LogP contribution in [0.25, 0.3) is 0 Å². The van der Waals surface area contributed by atoms with Crippen molar-refractivity contribution in [2.45, 2.75) is 39.5 Å². The Balaban J connectivity index is 2.45. The predicted molar refractivity (Wildman–Crippen MR) is 79.9 cm³/mol. The lowest BCUT2D eigenvalue weighted by atomic mass is 9.83. The van der Waals surface area contributed by atoms with Crippen LogP contribution >= 0.6 is 0 Å². The Morgan fingerprint density at radius 3 is 2.61 bits per heavy atom. The maximum Gasteiger partial charge on any atom is 0.193 e. The molecule has 0 amide bonds. The summed E-state index contributed by atoms with van der Waals surface area (Å²) in [7, 11) is 2.14. The van der Waals surface area contributed by atoms with Gasteiger partial charge in [-0.3, -0.25) is 0 Å². The zero-order chi connectivity index (χ0) is 13.4. The summed E-state index contributed by atoms with van der Waals surface area (Å²) in [6, 6.07) is 0. The van der Waals surface area contributed by atoms with Crippen molar-refractivity contribution in [3.63, 3.8) is 0 Å². The van der Waals surface area contributed by atoms with Gasteiger partial charge in [0.15, 0.2) is 5.96 Å². The smallest absolute Gasteiger partial charge is 0.193 e. The quantitative estimate of drug-likeness (QED) is 0.462. The zero-order valence-corrected chi connectivity index (χ0v) is 12.3. The topological polar surface area (TPSA) is 27.6 Å². The van der Waals surface area contributed by atoms with Crippen LogP contribution in [-0.4, -0.2) is 37.5 Å². The summed E-state index contributed by atoms with van der Waals surface area (Å²) in [5.41, 5.74) is 0. The Hall–Kier alpha value is -0.990. The molecule has 3 heteroatoms. The average molecular weight is 251 g/mol. The lowest BCUT2D eigenvalue weighted by Gasteiger charge is -2.31. The molecule has 0 radical (unpaired) electrons. The largest absolute Gasteiger partial charge is 0.357 e. The van der Waals surface area contributed by atoms with E-state index in [1.165, 1.54) is 25.7 Å². The van der Waals surface area contributed by atoms with E-state index in [4.69, 9.17) is 0 Å². The van der Waals surface area contributed by atoms with Gasteiger partial charge in [0.25, 0.3) is 0 Å². The van der Waals surface area contributed by atoms with E-state index in [9.17, 15) is 0 Å². The van der Waals surface area contributed by atoms with Crippen molar-refractivity contribution >= 4 is 5.96 Å². The van der Waals surface area contributed by atoms with Gasteiger partial charge in [-0.1, -0.05) is 25.8 Å². The minimum atomic E-state index is 0.689. The fourth-order valence-corrected chi connectivity index (χ4v) is 2.61. The van der Waals surface area contributed by atoms with Gasteiger partial charge in [0.2, 0.25) is 0 Å². The SMILES string of the molecule is C=CCN=C(NCC)N(C)CC1CCC(C)CC1. The molecule has 0 bridgehead atoms. The second-order valence-electron chi connectivity index (χ2n) is 5.49. The van der Waals surface area contributed by atoms with Gasteiger partial charge in [0, 0.05) is 20.1 Å². The number of hydrogen-bond acceptors (Lipinski definition) is 1. The normalized spacial score (nSPS) is 24.7. The van der Waals surface area contributed by atoms with Crippen LogP contribution in [-0.2, 0) is 0 Å². The van der Waals surface area contributed by atoms with Crippen molar-refractivity contribution in [2.75, 3.05) is 26.7 Å². The van der Waals surface area contributed by atoms with Crippen LogP contribution < -0.4 is 5.32 Å². The van der Waals surface area contributed by atoms with E-state index in [0.29, 0.717) is 6.54 Å². The molecular formula is C15H29N3. The summed E-state index contributed by atoms with van der Waals surface area (Å²) in [4.78, 5) is 6.80. The molecule has 0 spiro atoms. The number of nitrogens with one attached hydrogen (secondary N) is 1. The van der Waals surface area contributed by atoms with Crippen molar-refractivity contribution in [2.24, 2.45) is 16.8 Å². The predicted octanol–water partition coefficient (Wildman–Crippen LogP) is 2.90. The average Bonchev–Trinajstić information content (AvgIpc) is 2.37. The number of nitrogens with zero attached hydrogens (tertiary/aromatic N) is 2. The molecule has 1 aliphatic carbocycles. The van der Waals surface area contributed by atoms with E-state index in [2.05, 4.69) is 42.7 Å². The molecule has 3 nitrogen and oxygen atoms in total. The van der Waals surface area contributed by atoms with Gasteiger partial charge in [-0.2, -0.15) is 0 Å². The highest BCUT2D eigenvalue weighted by Crippen LogP contribution is 2.28. The molecule has 1 aliphatic rings. The molecule has 1 fully saturated rings. The van der Waals surface area contributed by atoms with Gasteiger partial charge < -0.3 is 10.2 Å². The molecule has 0 unspecified atom stereocenters. The highest BCUT2D eigenvalue weighted by molar-refractivity contribution is 5.79. The fraction of sp³-hybridized carbons (Fsp3) is 0.800. The molecule has 0 aliphatic heterocycles. The standard InChI is InChI=1S/C15H29N3/c1-5-11-17-15(16-6-2)18(4)12-14-9-7-13(3)8-10-14/h5,13-14H,1,6-12H2,2-4H3,(H,16,17). The van der Waals surface area contributed by atoms with Crippen LogP contribution in [0.15, 0.2) is 17.6 Å². The first-order chi connectivity index (χ1) is 8.67. The summed E-state index contributed by atoms with van der Waals surface area (Å²) in [6.07, 6.45) is 7.35. The third-order valence-electron chi connectivity index (χ3n) is 3.73. The van der Waals surface area contributed by atoms with E-state index in [1.54, 1.807) is 0 Å². The minimum absolute atomic E-state index is 0.689. The van der Waals surface area contributed by atoms with Crippen molar-refractivity contribution in [3.05, 3.63) is 12.7 Å². The molecule has 0 aromatic carbocycles. The van der Waals surface area contributed by atoms with Gasteiger partial charge in [0.1, 0.15) is 0 Å². The van der Waals surface area contributed by atoms with Gasteiger partial charge in [0.05, 0.1) is 6.54 Å². The van der Waals surface area contributed by atoms with Crippen molar-refractivity contribution in [1.82, 2.24) is 10.2 Å². The first-order valence-electron chi connectivity index (χ1n) is 7.27. The summed E-state index contributed by atoms with van der Waals surface area (Å²) in [5, 5.41) is 3.34. The van der Waals surface area contributed by atoms with Crippen LogP contribution in [0.1, 0.15) is 39.5 Å². The Labute approximate surface area is 112 Å². The first kappa shape index (κ1) is 15.1. The van der Waals surface area contributed by atoms with Crippen LogP contribution in [0.5, 0.6) is 0 Å². The Morgan fingerprint density at radius 1 is 1.39 bits per heavy atom. The van der Waals surface area contributed by atoms with Gasteiger partial charge >= 0.3 is 0 Å². The van der Waals surface area contributed by atoms with Gasteiger partial charge in [-0.05, 0) is 31.6 Å². The molecule has 0 aromatic rings. The molecule has 1 N–H and O–H groups in total. The maximum atomic E-state index is 4.53. The third-order valence-corrected chi connectivity index (χ3v) is 3.73. The van der Waals surface area contributed by atoms with Crippen LogP contribution in [0.4, 0.5) is 0 Å². The second-order valence-corrected chi connectivity index (χ2v) is 5.49. The Morgan fingerprint density at radius 2 is 2.06 bits per heavy atom. The molecule has 0 saturated heterocycles. The molecular weight excluding hydrogens is 222 g/mol. The fourth-order valence-electron chi connectivity index (χ4n) is 2.61. The Bertz CT molecular complexity index is 265. The van der Waals surface area contributed by atoms with Crippen molar-refractivity contribution in [3.8, 4) is 0 Å². The summed E-state index contributed by atoms with van der Waals surface area (Å²) < 4.78 is 0. The van der Waals surface area contributed by atoms with E-state index >= 15 is 0 Å². The monoisotopic (exact) mass is 251 g/mol. The zero-order valence-electron chi connectivity index (χ0n) is 12.3. The van der Waals surface area contributed by atoms with Gasteiger partial charge in [-0.15, -0.1) is 6.58 Å². The molecule has 0 heterocycles. The molecule has 104 valence electrons. The van der Waals surface area contributed by atoms with Crippen molar-refractivity contribution in [1.29, 1.82) is 0 Å². The number of aliphatic imine (C=N–C) groups is 1. The summed E-state index contributed by atoms with van der Waals surface area (Å²) >= 11 is 0. The number of hydrogen-bond donors (Lipinski definition) is 1. The lowest BCUT2D eigenvalue weighted by molar-refractivity contribution is 0.250. The maximum absolute atomic E-state index is 4.53. The lowest BCUT2D eigenvalue weighted by Crippen LogP contribution is -2.41. The molecule has 1 saturated carbocycles. The highest BCUT2D eigenvalue weighted by atomic mass is 15.3. The third kappa shape index (κ3) is 5.11. The molecule has 0 atom stereocenters. The minimum Gasteiger partial charge on any atom is -0.357 e. The van der Waals surface area contributed by atoms with E-state index < -0.39 is 0 Å². The van der Waals surface area contributed by atoms with E-state index in [1.807, 2.05) is 6.08 Å². The van der Waals surface area contributed by atoms with Crippen LogP contribution in [0, 0.1) is 11.8 Å². The van der Waals surface area contributed by atoms with Crippen molar-refractivity contribution < 1.29 is 0 Å². The first-order valence-corrected chi connectivity index (χ1v) is 7.27. The van der Waals surface area contributed by atoms with Gasteiger partial charge in [-0.25, -0.2) is 4.99 Å². The van der Waals surface area contributed by atoms with E-state index in [0.717, 1.165) is 30.9 Å². The Kier molecular flexibility index (Phi) is 6.84.